The minimum atomic E-state index is -0.324. The summed E-state index contributed by atoms with van der Waals surface area (Å²) in [7, 11) is 1.72. The summed E-state index contributed by atoms with van der Waals surface area (Å²) in [5.74, 6) is 0.775. The van der Waals surface area contributed by atoms with Crippen LogP contribution in [0.5, 0.6) is 5.75 Å². The molecule has 5 nitrogen and oxygen atoms in total. The molecule has 1 amide bonds. The van der Waals surface area contributed by atoms with Gasteiger partial charge in [-0.15, -0.1) is 0 Å². The van der Waals surface area contributed by atoms with Crippen LogP contribution in [0.25, 0.3) is 0 Å². The van der Waals surface area contributed by atoms with Crippen molar-refractivity contribution >= 4 is 11.8 Å². The molecule has 1 aliphatic heterocycles. The van der Waals surface area contributed by atoms with Crippen LogP contribution in [0.3, 0.4) is 0 Å². The zero-order chi connectivity index (χ0) is 16.5. The number of anilines is 1. The normalized spacial score (nSPS) is 15.2. The van der Waals surface area contributed by atoms with Gasteiger partial charge in [0.15, 0.2) is 0 Å². The van der Waals surface area contributed by atoms with Gasteiger partial charge in [0, 0.05) is 19.7 Å². The molecule has 1 fully saturated rings. The van der Waals surface area contributed by atoms with Gasteiger partial charge < -0.3 is 9.47 Å². The van der Waals surface area contributed by atoms with E-state index in [0.29, 0.717) is 13.2 Å². The largest absolute Gasteiger partial charge is 0.494 e. The molecule has 0 radical (unpaired) electrons. The van der Waals surface area contributed by atoms with Crippen LogP contribution in [0.2, 0.25) is 0 Å². The van der Waals surface area contributed by atoms with E-state index in [-0.39, 0.29) is 6.09 Å². The first kappa shape index (κ1) is 17.6. The van der Waals surface area contributed by atoms with Crippen LogP contribution >= 0.6 is 0 Å². The molecular formula is C18H28N2O3. The van der Waals surface area contributed by atoms with Gasteiger partial charge in [-0.2, -0.15) is 0 Å². The van der Waals surface area contributed by atoms with Crippen molar-refractivity contribution < 1.29 is 14.3 Å². The molecule has 0 spiro atoms. The first-order valence-corrected chi connectivity index (χ1v) is 8.56. The zero-order valence-electron chi connectivity index (χ0n) is 14.3. The minimum absolute atomic E-state index is 0.324. The van der Waals surface area contributed by atoms with Gasteiger partial charge in [-0.05, 0) is 44.5 Å². The first-order valence-electron chi connectivity index (χ1n) is 8.56. The Bertz CT molecular complexity index is 487. The van der Waals surface area contributed by atoms with Gasteiger partial charge >= 0.3 is 6.09 Å². The molecule has 0 saturated carbocycles. The van der Waals surface area contributed by atoms with E-state index in [1.165, 1.54) is 24.2 Å². The maximum atomic E-state index is 12.2. The molecule has 23 heavy (non-hydrogen) atoms. The number of ether oxygens (including phenoxy) is 2. The lowest BCUT2D eigenvalue weighted by Crippen LogP contribution is -2.35. The van der Waals surface area contributed by atoms with Gasteiger partial charge in [0.1, 0.15) is 12.4 Å². The summed E-state index contributed by atoms with van der Waals surface area (Å²) >= 11 is 0. The Morgan fingerprint density at radius 1 is 1.22 bits per heavy atom. The summed E-state index contributed by atoms with van der Waals surface area (Å²) in [6.45, 7) is 6.23. The Morgan fingerprint density at radius 2 is 2.00 bits per heavy atom. The average molecular weight is 320 g/mol. The summed E-state index contributed by atoms with van der Waals surface area (Å²) in [5, 5.41) is 0. The molecule has 0 unspecified atom stereocenters. The molecule has 0 bridgehead atoms. The lowest BCUT2D eigenvalue weighted by atomic mass is 10.1. The summed E-state index contributed by atoms with van der Waals surface area (Å²) in [4.78, 5) is 16.0. The summed E-state index contributed by atoms with van der Waals surface area (Å²) in [6, 6.07) is 7.53. The number of benzene rings is 1. The van der Waals surface area contributed by atoms with E-state index >= 15 is 0 Å². The fourth-order valence-electron chi connectivity index (χ4n) is 2.65. The maximum absolute atomic E-state index is 12.2. The summed E-state index contributed by atoms with van der Waals surface area (Å²) < 4.78 is 11.0. The van der Waals surface area contributed by atoms with Crippen LogP contribution in [-0.4, -0.2) is 50.9 Å². The molecule has 0 atom stereocenters. The molecule has 0 aromatic heterocycles. The number of likely N-dealkylation sites (tertiary alicyclic amines) is 1. The van der Waals surface area contributed by atoms with Crippen molar-refractivity contribution in [1.82, 2.24) is 4.90 Å². The number of hydrogen-bond acceptors (Lipinski definition) is 4. The van der Waals surface area contributed by atoms with Gasteiger partial charge in [-0.1, -0.05) is 19.4 Å². The smallest absolute Gasteiger partial charge is 0.414 e. The van der Waals surface area contributed by atoms with Crippen LogP contribution in [-0.2, 0) is 4.74 Å². The van der Waals surface area contributed by atoms with Crippen molar-refractivity contribution in [2.75, 3.05) is 44.8 Å². The van der Waals surface area contributed by atoms with Crippen molar-refractivity contribution in [3.63, 3.8) is 0 Å². The highest BCUT2D eigenvalue weighted by molar-refractivity contribution is 5.87. The predicted octanol–water partition coefficient (Wildman–Crippen LogP) is 3.53. The van der Waals surface area contributed by atoms with Crippen molar-refractivity contribution in [2.24, 2.45) is 0 Å². The second kappa shape index (κ2) is 9.40. The highest BCUT2D eigenvalue weighted by atomic mass is 16.6. The van der Waals surface area contributed by atoms with E-state index < -0.39 is 0 Å². The first-order chi connectivity index (χ1) is 11.2. The zero-order valence-corrected chi connectivity index (χ0v) is 14.3. The lowest BCUT2D eigenvalue weighted by Gasteiger charge is -2.26. The SMILES string of the molecule is CCCOc1cccc(N(C)C(=O)OCCN2CCCCC2)c1. The standard InChI is InChI=1S/C18H28N2O3/c1-3-13-22-17-9-7-8-16(15-17)19(2)18(21)23-14-12-20-10-5-4-6-11-20/h7-9,15H,3-6,10-14H2,1-2H3. The molecule has 128 valence electrons. The average Bonchev–Trinajstić information content (AvgIpc) is 2.60. The number of carbonyl (C=O) groups excluding carboxylic acids is 1. The van der Waals surface area contributed by atoms with Crippen LogP contribution in [0, 0.1) is 0 Å². The molecule has 1 saturated heterocycles. The van der Waals surface area contributed by atoms with E-state index in [0.717, 1.165) is 37.5 Å². The highest BCUT2D eigenvalue weighted by Crippen LogP contribution is 2.21. The van der Waals surface area contributed by atoms with Crippen molar-refractivity contribution in [3.8, 4) is 5.75 Å². The molecule has 5 heteroatoms. The Hall–Kier alpha value is -1.75. The van der Waals surface area contributed by atoms with Crippen LogP contribution in [0.4, 0.5) is 10.5 Å². The number of amides is 1. The third-order valence-corrected chi connectivity index (χ3v) is 4.03. The molecule has 0 aliphatic carbocycles. The van der Waals surface area contributed by atoms with E-state index in [9.17, 15) is 4.79 Å². The molecule has 1 aromatic rings. The topological polar surface area (TPSA) is 42.0 Å². The number of hydrogen-bond donors (Lipinski definition) is 0. The third-order valence-electron chi connectivity index (χ3n) is 4.03. The lowest BCUT2D eigenvalue weighted by molar-refractivity contribution is 0.127. The third kappa shape index (κ3) is 5.75. The van der Waals surface area contributed by atoms with Gasteiger partial charge in [-0.3, -0.25) is 9.80 Å². The summed E-state index contributed by atoms with van der Waals surface area (Å²) in [6.07, 6.45) is 4.44. The monoisotopic (exact) mass is 320 g/mol. The Kier molecular flexibility index (Phi) is 7.20. The highest BCUT2D eigenvalue weighted by Gasteiger charge is 2.15. The molecular weight excluding hydrogens is 292 g/mol. The van der Waals surface area contributed by atoms with Crippen molar-refractivity contribution in [3.05, 3.63) is 24.3 Å². The second-order valence-corrected chi connectivity index (χ2v) is 5.92. The van der Waals surface area contributed by atoms with Gasteiger partial charge in [0.2, 0.25) is 0 Å². The second-order valence-electron chi connectivity index (χ2n) is 5.92. The fourth-order valence-corrected chi connectivity index (χ4v) is 2.65. The molecule has 2 rings (SSSR count). The molecule has 1 aliphatic rings. The van der Waals surface area contributed by atoms with Crippen LogP contribution in [0.1, 0.15) is 32.6 Å². The van der Waals surface area contributed by atoms with E-state index in [2.05, 4.69) is 11.8 Å². The Morgan fingerprint density at radius 3 is 2.74 bits per heavy atom. The Balaban J connectivity index is 1.79. The number of nitrogens with zero attached hydrogens (tertiary/aromatic N) is 2. The predicted molar refractivity (Wildman–Crippen MR) is 92.3 cm³/mol. The van der Waals surface area contributed by atoms with Gasteiger partial charge in [-0.25, -0.2) is 4.79 Å². The summed E-state index contributed by atoms with van der Waals surface area (Å²) in [5.41, 5.74) is 0.779. The van der Waals surface area contributed by atoms with Gasteiger partial charge in [0.05, 0.1) is 12.3 Å². The van der Waals surface area contributed by atoms with E-state index in [1.54, 1.807) is 7.05 Å². The van der Waals surface area contributed by atoms with E-state index in [1.807, 2.05) is 24.3 Å². The minimum Gasteiger partial charge on any atom is -0.494 e. The number of carbonyl (C=O) groups is 1. The van der Waals surface area contributed by atoms with Crippen molar-refractivity contribution in [2.45, 2.75) is 32.6 Å². The van der Waals surface area contributed by atoms with Gasteiger partial charge in [0.25, 0.3) is 0 Å². The maximum Gasteiger partial charge on any atom is 0.414 e. The van der Waals surface area contributed by atoms with Crippen molar-refractivity contribution in [1.29, 1.82) is 0 Å². The number of rotatable bonds is 7. The molecule has 0 N–H and O–H groups in total. The van der Waals surface area contributed by atoms with Crippen LogP contribution in [0.15, 0.2) is 24.3 Å². The molecule has 1 heterocycles. The quantitative estimate of drug-likeness (QED) is 0.771. The van der Waals surface area contributed by atoms with E-state index in [4.69, 9.17) is 9.47 Å². The number of piperidine rings is 1. The fraction of sp³-hybridized carbons (Fsp3) is 0.611. The molecule has 1 aromatic carbocycles. The Labute approximate surface area is 139 Å². The van der Waals surface area contributed by atoms with Crippen LogP contribution < -0.4 is 9.64 Å².